The Balaban J connectivity index is 2.11. The molecular formula is C16H17F2N. The van der Waals surface area contributed by atoms with Crippen LogP contribution in [0.2, 0.25) is 0 Å². The van der Waals surface area contributed by atoms with E-state index in [-0.39, 0.29) is 11.7 Å². The number of anilines is 1. The molecule has 0 spiro atoms. The minimum atomic E-state index is -0.553. The number of hydrogen-bond donors (Lipinski definition) is 1. The van der Waals surface area contributed by atoms with Crippen molar-refractivity contribution in [1.29, 1.82) is 0 Å². The van der Waals surface area contributed by atoms with E-state index in [1.54, 1.807) is 6.92 Å². The first kappa shape index (κ1) is 13.5. The molecule has 0 saturated heterocycles. The molecule has 0 aromatic heterocycles. The van der Waals surface area contributed by atoms with Crippen LogP contribution in [0, 0.1) is 18.6 Å². The zero-order valence-corrected chi connectivity index (χ0v) is 11.1. The van der Waals surface area contributed by atoms with E-state index in [0.717, 1.165) is 5.56 Å². The summed E-state index contributed by atoms with van der Waals surface area (Å²) in [6, 6.07) is 12.5. The summed E-state index contributed by atoms with van der Waals surface area (Å²) >= 11 is 0. The van der Waals surface area contributed by atoms with Gasteiger partial charge >= 0.3 is 0 Å². The van der Waals surface area contributed by atoms with Crippen LogP contribution < -0.4 is 5.32 Å². The van der Waals surface area contributed by atoms with E-state index in [0.29, 0.717) is 12.0 Å². The highest BCUT2D eigenvalue weighted by atomic mass is 19.1. The van der Waals surface area contributed by atoms with Gasteiger partial charge in [-0.05, 0) is 37.5 Å². The molecule has 0 aliphatic rings. The summed E-state index contributed by atoms with van der Waals surface area (Å²) in [5.41, 5.74) is 1.54. The van der Waals surface area contributed by atoms with Gasteiger partial charge in [0.25, 0.3) is 0 Å². The van der Waals surface area contributed by atoms with Crippen LogP contribution in [0.4, 0.5) is 14.5 Å². The lowest BCUT2D eigenvalue weighted by atomic mass is 10.1. The average Bonchev–Trinajstić information content (AvgIpc) is 2.40. The molecule has 2 aromatic carbocycles. The van der Waals surface area contributed by atoms with Crippen molar-refractivity contribution < 1.29 is 8.78 Å². The van der Waals surface area contributed by atoms with Crippen LogP contribution in [0.3, 0.4) is 0 Å². The van der Waals surface area contributed by atoms with Gasteiger partial charge in [0.2, 0.25) is 0 Å². The highest BCUT2D eigenvalue weighted by molar-refractivity contribution is 5.49. The minimum absolute atomic E-state index is 0.0385. The Labute approximate surface area is 112 Å². The molecule has 100 valence electrons. The van der Waals surface area contributed by atoms with Crippen molar-refractivity contribution in [2.75, 3.05) is 5.32 Å². The first-order valence-electron chi connectivity index (χ1n) is 6.33. The Hall–Kier alpha value is -1.90. The Kier molecular flexibility index (Phi) is 4.15. The summed E-state index contributed by atoms with van der Waals surface area (Å²) in [5, 5.41) is 2.92. The lowest BCUT2D eigenvalue weighted by Crippen LogP contribution is -2.20. The second-order valence-corrected chi connectivity index (χ2v) is 4.79. The fourth-order valence-electron chi connectivity index (χ4n) is 2.05. The highest BCUT2D eigenvalue weighted by Gasteiger charge is 2.13. The van der Waals surface area contributed by atoms with E-state index in [2.05, 4.69) is 5.32 Å². The van der Waals surface area contributed by atoms with Crippen molar-refractivity contribution in [3.63, 3.8) is 0 Å². The topological polar surface area (TPSA) is 12.0 Å². The Bertz CT molecular complexity index is 552. The fourth-order valence-corrected chi connectivity index (χ4v) is 2.05. The smallest absolute Gasteiger partial charge is 0.152 e. The Morgan fingerprint density at radius 1 is 1.05 bits per heavy atom. The van der Waals surface area contributed by atoms with E-state index in [1.807, 2.05) is 37.3 Å². The van der Waals surface area contributed by atoms with Crippen molar-refractivity contribution in [3.8, 4) is 0 Å². The molecular weight excluding hydrogens is 244 g/mol. The van der Waals surface area contributed by atoms with Gasteiger partial charge in [0.05, 0.1) is 0 Å². The predicted octanol–water partition coefficient (Wildman–Crippen LogP) is 4.32. The van der Waals surface area contributed by atoms with Crippen LogP contribution in [-0.2, 0) is 6.42 Å². The molecule has 1 atom stereocenters. The third-order valence-corrected chi connectivity index (χ3v) is 3.06. The third-order valence-electron chi connectivity index (χ3n) is 3.06. The maximum absolute atomic E-state index is 13.9. The van der Waals surface area contributed by atoms with Gasteiger partial charge in [-0.15, -0.1) is 0 Å². The Morgan fingerprint density at radius 3 is 2.42 bits per heavy atom. The molecule has 0 aliphatic heterocycles. The normalized spacial score (nSPS) is 12.2. The number of nitrogens with one attached hydrogen (secondary N) is 1. The van der Waals surface area contributed by atoms with Crippen LogP contribution in [0.1, 0.15) is 18.1 Å². The predicted molar refractivity (Wildman–Crippen MR) is 74.3 cm³/mol. The summed E-state index contributed by atoms with van der Waals surface area (Å²) in [4.78, 5) is 0. The molecule has 0 heterocycles. The molecule has 0 radical (unpaired) electrons. The Morgan fingerprint density at radius 2 is 1.74 bits per heavy atom. The molecule has 0 amide bonds. The molecule has 0 bridgehead atoms. The third kappa shape index (κ3) is 3.31. The van der Waals surface area contributed by atoms with E-state index < -0.39 is 11.6 Å². The molecule has 0 saturated carbocycles. The first-order valence-corrected chi connectivity index (χ1v) is 6.33. The summed E-state index contributed by atoms with van der Waals surface area (Å²) in [6.07, 6.45) is 0.716. The van der Waals surface area contributed by atoms with Crippen molar-refractivity contribution in [2.45, 2.75) is 26.3 Å². The van der Waals surface area contributed by atoms with E-state index in [1.165, 1.54) is 12.1 Å². The maximum atomic E-state index is 13.9. The number of rotatable bonds is 4. The van der Waals surface area contributed by atoms with Gasteiger partial charge in [-0.3, -0.25) is 0 Å². The lowest BCUT2D eigenvalue weighted by Gasteiger charge is -2.17. The number of halogens is 2. The molecule has 3 heteroatoms. The zero-order chi connectivity index (χ0) is 13.8. The molecule has 2 aromatic rings. The van der Waals surface area contributed by atoms with Gasteiger partial charge in [-0.25, -0.2) is 8.78 Å². The molecule has 2 rings (SSSR count). The van der Waals surface area contributed by atoms with Gasteiger partial charge in [-0.1, -0.05) is 36.4 Å². The van der Waals surface area contributed by atoms with Crippen LogP contribution >= 0.6 is 0 Å². The van der Waals surface area contributed by atoms with Gasteiger partial charge in [-0.2, -0.15) is 0 Å². The molecule has 1 N–H and O–H groups in total. The van der Waals surface area contributed by atoms with Crippen molar-refractivity contribution >= 4 is 5.69 Å². The number of hydrogen-bond acceptors (Lipinski definition) is 1. The summed E-state index contributed by atoms with van der Waals surface area (Å²) in [7, 11) is 0. The van der Waals surface area contributed by atoms with Gasteiger partial charge in [0.15, 0.2) is 5.82 Å². The molecule has 19 heavy (non-hydrogen) atoms. The van der Waals surface area contributed by atoms with Crippen LogP contribution in [0.15, 0.2) is 42.5 Å². The van der Waals surface area contributed by atoms with Crippen molar-refractivity contribution in [1.82, 2.24) is 0 Å². The number of benzene rings is 2. The summed E-state index contributed by atoms with van der Waals surface area (Å²) in [5.74, 6) is -1.07. The zero-order valence-electron chi connectivity index (χ0n) is 11.1. The van der Waals surface area contributed by atoms with Gasteiger partial charge < -0.3 is 5.32 Å². The standard InChI is InChI=1S/C16H17F2N/c1-11-8-9-14(17)16(15(11)18)19-12(2)10-13-6-4-3-5-7-13/h3-9,12,19H,10H2,1-2H3. The van der Waals surface area contributed by atoms with Crippen molar-refractivity contribution in [2.24, 2.45) is 0 Å². The van der Waals surface area contributed by atoms with E-state index in [4.69, 9.17) is 0 Å². The molecule has 0 aliphatic carbocycles. The molecule has 0 fully saturated rings. The monoisotopic (exact) mass is 261 g/mol. The van der Waals surface area contributed by atoms with E-state index in [9.17, 15) is 8.78 Å². The highest BCUT2D eigenvalue weighted by Crippen LogP contribution is 2.22. The van der Waals surface area contributed by atoms with Crippen LogP contribution in [0.5, 0.6) is 0 Å². The van der Waals surface area contributed by atoms with Crippen LogP contribution in [-0.4, -0.2) is 6.04 Å². The van der Waals surface area contributed by atoms with Crippen LogP contribution in [0.25, 0.3) is 0 Å². The van der Waals surface area contributed by atoms with Gasteiger partial charge in [0.1, 0.15) is 11.5 Å². The second kappa shape index (κ2) is 5.83. The first-order chi connectivity index (χ1) is 9.08. The fraction of sp³-hybridized carbons (Fsp3) is 0.250. The van der Waals surface area contributed by atoms with E-state index >= 15 is 0 Å². The second-order valence-electron chi connectivity index (χ2n) is 4.79. The SMILES string of the molecule is Cc1ccc(F)c(NC(C)Cc2ccccc2)c1F. The summed E-state index contributed by atoms with van der Waals surface area (Å²) < 4.78 is 27.5. The molecule has 1 unspecified atom stereocenters. The largest absolute Gasteiger partial charge is 0.377 e. The minimum Gasteiger partial charge on any atom is -0.377 e. The molecule has 1 nitrogen and oxygen atoms in total. The van der Waals surface area contributed by atoms with Gasteiger partial charge in [0, 0.05) is 6.04 Å². The summed E-state index contributed by atoms with van der Waals surface area (Å²) in [6.45, 7) is 3.54. The average molecular weight is 261 g/mol. The lowest BCUT2D eigenvalue weighted by molar-refractivity contribution is 0.577. The maximum Gasteiger partial charge on any atom is 0.152 e. The quantitative estimate of drug-likeness (QED) is 0.864. The number of aryl methyl sites for hydroxylation is 1. The van der Waals surface area contributed by atoms with Crippen molar-refractivity contribution in [3.05, 3.63) is 65.2 Å².